The molecule has 0 atom stereocenters. The first-order chi connectivity index (χ1) is 12.2. The standard InChI is InChI=1S/C18H17ClN2O3S/c1-12-16(17(24-21-12)14-6-2-3-7-15(14)19)18(22)20-8-10-25-11-13-5-4-9-23-13/h2-7,9H,8,10-11H2,1H3,(H,20,22). The van der Waals surface area contributed by atoms with Crippen LogP contribution in [0.5, 0.6) is 0 Å². The summed E-state index contributed by atoms with van der Waals surface area (Å²) in [5.74, 6) is 2.65. The number of aromatic nitrogens is 1. The van der Waals surface area contributed by atoms with E-state index in [1.165, 1.54) is 0 Å². The Morgan fingerprint density at radius 3 is 2.88 bits per heavy atom. The second-order valence-corrected chi connectivity index (χ2v) is 6.85. The zero-order chi connectivity index (χ0) is 17.6. The van der Waals surface area contributed by atoms with Crippen molar-refractivity contribution in [3.63, 3.8) is 0 Å². The fourth-order valence-corrected chi connectivity index (χ4v) is 3.34. The predicted molar refractivity (Wildman–Crippen MR) is 98.9 cm³/mol. The molecule has 0 fully saturated rings. The van der Waals surface area contributed by atoms with Gasteiger partial charge < -0.3 is 14.3 Å². The van der Waals surface area contributed by atoms with E-state index in [-0.39, 0.29) is 5.91 Å². The SMILES string of the molecule is Cc1noc(-c2ccccc2Cl)c1C(=O)NCCSCc1ccco1. The van der Waals surface area contributed by atoms with Crippen LogP contribution in [0.25, 0.3) is 11.3 Å². The van der Waals surface area contributed by atoms with Crippen molar-refractivity contribution in [3.05, 3.63) is 64.7 Å². The summed E-state index contributed by atoms with van der Waals surface area (Å²) in [7, 11) is 0. The van der Waals surface area contributed by atoms with Crippen LogP contribution in [0.3, 0.4) is 0 Å². The lowest BCUT2D eigenvalue weighted by molar-refractivity contribution is 0.0956. The molecule has 25 heavy (non-hydrogen) atoms. The minimum absolute atomic E-state index is 0.215. The first-order valence-corrected chi connectivity index (χ1v) is 9.29. The average molecular weight is 377 g/mol. The van der Waals surface area contributed by atoms with E-state index in [1.807, 2.05) is 24.3 Å². The molecule has 0 spiro atoms. The molecule has 0 aliphatic rings. The summed E-state index contributed by atoms with van der Waals surface area (Å²) in [6, 6.07) is 11.0. The molecule has 7 heteroatoms. The van der Waals surface area contributed by atoms with Gasteiger partial charge in [-0.1, -0.05) is 28.9 Å². The lowest BCUT2D eigenvalue weighted by Gasteiger charge is -2.06. The van der Waals surface area contributed by atoms with E-state index in [0.717, 1.165) is 17.3 Å². The van der Waals surface area contributed by atoms with Crippen LogP contribution < -0.4 is 5.32 Å². The van der Waals surface area contributed by atoms with Gasteiger partial charge in [0.1, 0.15) is 11.3 Å². The minimum Gasteiger partial charge on any atom is -0.468 e. The number of nitrogens with zero attached hydrogens (tertiary/aromatic N) is 1. The summed E-state index contributed by atoms with van der Waals surface area (Å²) in [6.07, 6.45) is 1.66. The molecule has 5 nitrogen and oxygen atoms in total. The molecule has 3 aromatic rings. The van der Waals surface area contributed by atoms with Gasteiger partial charge in [0.2, 0.25) is 0 Å². The van der Waals surface area contributed by atoms with Gasteiger partial charge in [-0.25, -0.2) is 0 Å². The van der Waals surface area contributed by atoms with Gasteiger partial charge in [-0.3, -0.25) is 4.79 Å². The number of amides is 1. The average Bonchev–Trinajstić information content (AvgIpc) is 3.24. The Balaban J connectivity index is 1.61. The highest BCUT2D eigenvalue weighted by Crippen LogP contribution is 2.31. The highest BCUT2D eigenvalue weighted by molar-refractivity contribution is 7.98. The fourth-order valence-electron chi connectivity index (χ4n) is 2.36. The topological polar surface area (TPSA) is 68.3 Å². The summed E-state index contributed by atoms with van der Waals surface area (Å²) >= 11 is 7.90. The number of halogens is 1. The third-order valence-electron chi connectivity index (χ3n) is 3.56. The van der Waals surface area contributed by atoms with Crippen molar-refractivity contribution in [2.24, 2.45) is 0 Å². The molecule has 0 bridgehead atoms. The summed E-state index contributed by atoms with van der Waals surface area (Å²) in [4.78, 5) is 12.5. The maximum Gasteiger partial charge on any atom is 0.257 e. The molecule has 0 aliphatic heterocycles. The third-order valence-corrected chi connectivity index (χ3v) is 4.88. The van der Waals surface area contributed by atoms with Crippen LogP contribution in [0, 0.1) is 6.92 Å². The Morgan fingerprint density at radius 2 is 2.12 bits per heavy atom. The molecule has 0 aliphatic carbocycles. The fraction of sp³-hybridized carbons (Fsp3) is 0.222. The van der Waals surface area contributed by atoms with E-state index in [1.54, 1.807) is 37.1 Å². The van der Waals surface area contributed by atoms with Crippen molar-refractivity contribution in [1.82, 2.24) is 10.5 Å². The van der Waals surface area contributed by atoms with Crippen LogP contribution in [0.4, 0.5) is 0 Å². The van der Waals surface area contributed by atoms with Crippen LogP contribution in [0.2, 0.25) is 5.02 Å². The van der Waals surface area contributed by atoms with E-state index in [2.05, 4.69) is 10.5 Å². The molecule has 1 aromatic carbocycles. The summed E-state index contributed by atoms with van der Waals surface area (Å²) in [6.45, 7) is 2.28. The molecule has 130 valence electrons. The van der Waals surface area contributed by atoms with E-state index in [9.17, 15) is 4.79 Å². The maximum atomic E-state index is 12.5. The quantitative estimate of drug-likeness (QED) is 0.612. The second-order valence-electron chi connectivity index (χ2n) is 5.34. The summed E-state index contributed by atoms with van der Waals surface area (Å²) in [5.41, 5.74) is 1.61. The molecule has 0 unspecified atom stereocenters. The molecule has 0 saturated carbocycles. The Kier molecular flexibility index (Phi) is 5.83. The summed E-state index contributed by atoms with van der Waals surface area (Å²) in [5, 5.41) is 7.34. The van der Waals surface area contributed by atoms with Crippen LogP contribution >= 0.6 is 23.4 Å². The van der Waals surface area contributed by atoms with Crippen molar-refractivity contribution in [1.29, 1.82) is 0 Å². The van der Waals surface area contributed by atoms with E-state index >= 15 is 0 Å². The van der Waals surface area contributed by atoms with Gasteiger partial charge in [-0.15, -0.1) is 0 Å². The van der Waals surface area contributed by atoms with Crippen molar-refractivity contribution in [3.8, 4) is 11.3 Å². The van der Waals surface area contributed by atoms with Crippen molar-refractivity contribution >= 4 is 29.3 Å². The van der Waals surface area contributed by atoms with Crippen molar-refractivity contribution in [2.75, 3.05) is 12.3 Å². The molecule has 0 saturated heterocycles. The molecule has 0 radical (unpaired) electrons. The van der Waals surface area contributed by atoms with E-state index in [4.69, 9.17) is 20.5 Å². The number of thioether (sulfide) groups is 1. The number of carbonyl (C=O) groups is 1. The zero-order valence-electron chi connectivity index (χ0n) is 13.6. The van der Waals surface area contributed by atoms with E-state index in [0.29, 0.717) is 34.1 Å². The molecule has 1 amide bonds. The zero-order valence-corrected chi connectivity index (χ0v) is 15.2. The molecule has 2 aromatic heterocycles. The lowest BCUT2D eigenvalue weighted by atomic mass is 10.1. The highest BCUT2D eigenvalue weighted by atomic mass is 35.5. The Morgan fingerprint density at radius 1 is 1.28 bits per heavy atom. The number of benzene rings is 1. The van der Waals surface area contributed by atoms with Gasteiger partial charge in [-0.05, 0) is 31.2 Å². The van der Waals surface area contributed by atoms with Crippen LogP contribution in [-0.4, -0.2) is 23.4 Å². The van der Waals surface area contributed by atoms with Crippen LogP contribution in [0.15, 0.2) is 51.6 Å². The molecule has 2 heterocycles. The molecule has 1 N–H and O–H groups in total. The number of nitrogens with one attached hydrogen (secondary N) is 1. The van der Waals surface area contributed by atoms with Gasteiger partial charge in [0.05, 0.1) is 22.7 Å². The normalized spacial score (nSPS) is 10.8. The monoisotopic (exact) mass is 376 g/mol. The van der Waals surface area contributed by atoms with Gasteiger partial charge in [0, 0.05) is 17.9 Å². The van der Waals surface area contributed by atoms with Gasteiger partial charge in [-0.2, -0.15) is 11.8 Å². The number of hydrogen-bond acceptors (Lipinski definition) is 5. The highest BCUT2D eigenvalue weighted by Gasteiger charge is 2.22. The van der Waals surface area contributed by atoms with Gasteiger partial charge in [0.15, 0.2) is 5.76 Å². The Bertz CT molecular complexity index is 846. The number of carbonyl (C=O) groups excluding carboxylic acids is 1. The first-order valence-electron chi connectivity index (χ1n) is 7.76. The van der Waals surface area contributed by atoms with Gasteiger partial charge >= 0.3 is 0 Å². The molecular weight excluding hydrogens is 360 g/mol. The van der Waals surface area contributed by atoms with Crippen LogP contribution in [-0.2, 0) is 5.75 Å². The number of hydrogen-bond donors (Lipinski definition) is 1. The van der Waals surface area contributed by atoms with Gasteiger partial charge in [0.25, 0.3) is 5.91 Å². The lowest BCUT2D eigenvalue weighted by Crippen LogP contribution is -2.26. The number of furan rings is 1. The predicted octanol–water partition coefficient (Wildman–Crippen LogP) is 4.56. The largest absolute Gasteiger partial charge is 0.468 e. The maximum absolute atomic E-state index is 12.5. The Labute approximate surface area is 154 Å². The first kappa shape index (κ1) is 17.6. The number of rotatable bonds is 7. The third kappa shape index (κ3) is 4.27. The molecule has 3 rings (SSSR count). The van der Waals surface area contributed by atoms with E-state index < -0.39 is 0 Å². The minimum atomic E-state index is -0.215. The number of aryl methyl sites for hydroxylation is 1. The van der Waals surface area contributed by atoms with Crippen LogP contribution in [0.1, 0.15) is 21.8 Å². The smallest absolute Gasteiger partial charge is 0.257 e. The van der Waals surface area contributed by atoms with Crippen molar-refractivity contribution < 1.29 is 13.7 Å². The van der Waals surface area contributed by atoms with Crippen molar-refractivity contribution in [2.45, 2.75) is 12.7 Å². The molecular formula is C18H17ClN2O3S. The summed E-state index contributed by atoms with van der Waals surface area (Å²) < 4.78 is 10.6. The second kappa shape index (κ2) is 8.27. The Hall–Kier alpha value is -2.18.